The third-order valence-corrected chi connectivity index (χ3v) is 3.43. The number of carboxylic acids is 1. The van der Waals surface area contributed by atoms with Crippen LogP contribution in [0.2, 0.25) is 0 Å². The molecule has 0 aliphatic rings. The SMILES string of the molecule is CSC(C)(C)c1ncc(C)c(C(=O)O)n1. The summed E-state index contributed by atoms with van der Waals surface area (Å²) in [6.07, 6.45) is 3.51. The number of rotatable bonds is 3. The van der Waals surface area contributed by atoms with Gasteiger partial charge in [-0.15, -0.1) is 0 Å². The monoisotopic (exact) mass is 226 g/mol. The molecule has 4 nitrogen and oxygen atoms in total. The molecule has 0 saturated carbocycles. The number of nitrogens with zero attached hydrogens (tertiary/aromatic N) is 2. The highest BCUT2D eigenvalue weighted by atomic mass is 32.2. The van der Waals surface area contributed by atoms with Crippen molar-refractivity contribution >= 4 is 17.7 Å². The molecule has 0 aliphatic carbocycles. The van der Waals surface area contributed by atoms with Gasteiger partial charge in [0.1, 0.15) is 5.82 Å². The minimum atomic E-state index is -1.01. The van der Waals surface area contributed by atoms with Crippen molar-refractivity contribution in [1.29, 1.82) is 0 Å². The van der Waals surface area contributed by atoms with E-state index in [1.165, 1.54) is 0 Å². The molecule has 1 aromatic rings. The number of carboxylic acid groups (broad SMARTS) is 1. The molecule has 0 fully saturated rings. The Morgan fingerprint density at radius 3 is 2.60 bits per heavy atom. The van der Waals surface area contributed by atoms with Gasteiger partial charge in [-0.3, -0.25) is 0 Å². The fourth-order valence-electron chi connectivity index (χ4n) is 1.04. The second-order valence-electron chi connectivity index (χ2n) is 3.74. The summed E-state index contributed by atoms with van der Waals surface area (Å²) in [5.41, 5.74) is 0.672. The van der Waals surface area contributed by atoms with Gasteiger partial charge in [0, 0.05) is 11.8 Å². The van der Waals surface area contributed by atoms with E-state index in [0.717, 1.165) is 0 Å². The lowest BCUT2D eigenvalue weighted by atomic mass is 10.1. The Morgan fingerprint density at radius 2 is 2.13 bits per heavy atom. The van der Waals surface area contributed by atoms with Gasteiger partial charge < -0.3 is 5.11 Å². The van der Waals surface area contributed by atoms with Crippen molar-refractivity contribution in [3.63, 3.8) is 0 Å². The molecular formula is C10H14N2O2S. The first-order valence-electron chi connectivity index (χ1n) is 4.51. The van der Waals surface area contributed by atoms with Gasteiger partial charge in [-0.05, 0) is 27.0 Å². The van der Waals surface area contributed by atoms with E-state index in [2.05, 4.69) is 9.97 Å². The number of hydrogen-bond donors (Lipinski definition) is 1. The average molecular weight is 226 g/mol. The van der Waals surface area contributed by atoms with E-state index in [4.69, 9.17) is 5.11 Å². The first-order chi connectivity index (χ1) is 6.88. The van der Waals surface area contributed by atoms with Gasteiger partial charge in [-0.1, -0.05) is 0 Å². The Hall–Kier alpha value is -1.10. The van der Waals surface area contributed by atoms with E-state index in [0.29, 0.717) is 11.4 Å². The zero-order chi connectivity index (χ0) is 11.6. The van der Waals surface area contributed by atoms with E-state index in [1.54, 1.807) is 24.9 Å². The number of hydrogen-bond acceptors (Lipinski definition) is 4. The summed E-state index contributed by atoms with van der Waals surface area (Å²) in [5.74, 6) is -0.453. The van der Waals surface area contributed by atoms with Gasteiger partial charge in [0.2, 0.25) is 0 Å². The molecule has 15 heavy (non-hydrogen) atoms. The number of aromatic carboxylic acids is 1. The summed E-state index contributed by atoms with van der Waals surface area (Å²) in [7, 11) is 0. The Bertz CT molecular complexity index is 391. The van der Waals surface area contributed by atoms with Crippen molar-refractivity contribution in [3.8, 4) is 0 Å². The van der Waals surface area contributed by atoms with Crippen molar-refractivity contribution in [2.45, 2.75) is 25.5 Å². The number of aromatic nitrogens is 2. The molecule has 0 amide bonds. The highest BCUT2D eigenvalue weighted by Crippen LogP contribution is 2.30. The lowest BCUT2D eigenvalue weighted by molar-refractivity contribution is 0.0689. The summed E-state index contributed by atoms with van der Waals surface area (Å²) >= 11 is 1.59. The summed E-state index contributed by atoms with van der Waals surface area (Å²) in [5, 5.41) is 8.93. The van der Waals surface area contributed by atoms with Gasteiger partial charge in [0.15, 0.2) is 5.69 Å². The zero-order valence-electron chi connectivity index (χ0n) is 9.24. The standard InChI is InChI=1S/C10H14N2O2S/c1-6-5-11-9(10(2,3)15-4)12-7(6)8(13)14/h5H,1-4H3,(H,13,14). The van der Waals surface area contributed by atoms with Gasteiger partial charge in [-0.25, -0.2) is 14.8 Å². The number of aryl methyl sites for hydroxylation is 1. The molecule has 1 N–H and O–H groups in total. The molecule has 0 atom stereocenters. The molecule has 0 aliphatic heterocycles. The van der Waals surface area contributed by atoms with Gasteiger partial charge >= 0.3 is 5.97 Å². The topological polar surface area (TPSA) is 63.1 Å². The maximum absolute atomic E-state index is 10.9. The van der Waals surface area contributed by atoms with Crippen LogP contribution in [0.4, 0.5) is 0 Å². The molecule has 0 aromatic carbocycles. The third-order valence-electron chi connectivity index (χ3n) is 2.22. The van der Waals surface area contributed by atoms with E-state index in [9.17, 15) is 4.79 Å². The average Bonchev–Trinajstić information content (AvgIpc) is 2.17. The predicted molar refractivity (Wildman–Crippen MR) is 60.3 cm³/mol. The molecular weight excluding hydrogens is 212 g/mol. The van der Waals surface area contributed by atoms with Crippen LogP contribution in [0.3, 0.4) is 0 Å². The van der Waals surface area contributed by atoms with Crippen molar-refractivity contribution < 1.29 is 9.90 Å². The normalized spacial score (nSPS) is 11.5. The number of carbonyl (C=O) groups is 1. The molecule has 0 bridgehead atoms. The lowest BCUT2D eigenvalue weighted by Crippen LogP contribution is -2.18. The molecule has 82 valence electrons. The van der Waals surface area contributed by atoms with Gasteiger partial charge in [-0.2, -0.15) is 11.8 Å². The minimum Gasteiger partial charge on any atom is -0.477 e. The van der Waals surface area contributed by atoms with Crippen LogP contribution >= 0.6 is 11.8 Å². The smallest absolute Gasteiger partial charge is 0.354 e. The van der Waals surface area contributed by atoms with Crippen LogP contribution in [0.5, 0.6) is 0 Å². The fourth-order valence-corrected chi connectivity index (χ4v) is 1.32. The molecule has 0 unspecified atom stereocenters. The van der Waals surface area contributed by atoms with Crippen LogP contribution in [0.15, 0.2) is 6.20 Å². The molecule has 0 spiro atoms. The van der Waals surface area contributed by atoms with Crippen LogP contribution in [-0.2, 0) is 4.75 Å². The largest absolute Gasteiger partial charge is 0.477 e. The van der Waals surface area contributed by atoms with Crippen molar-refractivity contribution in [2.24, 2.45) is 0 Å². The maximum atomic E-state index is 10.9. The van der Waals surface area contributed by atoms with E-state index in [1.807, 2.05) is 20.1 Å². The highest BCUT2D eigenvalue weighted by molar-refractivity contribution is 7.99. The van der Waals surface area contributed by atoms with Crippen molar-refractivity contribution in [2.75, 3.05) is 6.26 Å². The number of thioether (sulfide) groups is 1. The Balaban J connectivity index is 3.25. The van der Waals surface area contributed by atoms with E-state index < -0.39 is 5.97 Å². The van der Waals surface area contributed by atoms with Crippen molar-refractivity contribution in [3.05, 3.63) is 23.3 Å². The Kier molecular flexibility index (Phi) is 3.34. The highest BCUT2D eigenvalue weighted by Gasteiger charge is 2.24. The quantitative estimate of drug-likeness (QED) is 0.855. The summed E-state index contributed by atoms with van der Waals surface area (Å²) in [6.45, 7) is 5.63. The van der Waals surface area contributed by atoms with Gasteiger partial charge in [0.05, 0.1) is 4.75 Å². The third kappa shape index (κ3) is 2.47. The first-order valence-corrected chi connectivity index (χ1v) is 5.73. The van der Waals surface area contributed by atoms with Gasteiger partial charge in [0.25, 0.3) is 0 Å². The van der Waals surface area contributed by atoms with Crippen LogP contribution in [0.25, 0.3) is 0 Å². The molecule has 1 heterocycles. The van der Waals surface area contributed by atoms with Crippen LogP contribution in [0, 0.1) is 6.92 Å². The lowest BCUT2D eigenvalue weighted by Gasteiger charge is -2.20. The molecule has 1 rings (SSSR count). The second-order valence-corrected chi connectivity index (χ2v) is 5.17. The summed E-state index contributed by atoms with van der Waals surface area (Å²) in [4.78, 5) is 19.1. The van der Waals surface area contributed by atoms with E-state index >= 15 is 0 Å². The first kappa shape index (κ1) is 12.0. The molecule has 5 heteroatoms. The summed E-state index contributed by atoms with van der Waals surface area (Å²) < 4.78 is -0.266. The Labute approximate surface area is 93.1 Å². The molecule has 1 aromatic heterocycles. The predicted octanol–water partition coefficient (Wildman–Crippen LogP) is 2.08. The van der Waals surface area contributed by atoms with Crippen LogP contribution in [0.1, 0.15) is 35.7 Å². The van der Waals surface area contributed by atoms with E-state index in [-0.39, 0.29) is 10.4 Å². The second kappa shape index (κ2) is 4.18. The molecule has 0 radical (unpaired) electrons. The maximum Gasteiger partial charge on any atom is 0.354 e. The molecule has 0 saturated heterocycles. The fraction of sp³-hybridized carbons (Fsp3) is 0.500. The Morgan fingerprint density at radius 1 is 1.53 bits per heavy atom. The van der Waals surface area contributed by atoms with Crippen LogP contribution < -0.4 is 0 Å². The minimum absolute atomic E-state index is 0.0853. The van der Waals surface area contributed by atoms with Crippen molar-refractivity contribution in [1.82, 2.24) is 9.97 Å². The van der Waals surface area contributed by atoms with Crippen LogP contribution in [-0.4, -0.2) is 27.3 Å². The summed E-state index contributed by atoms with van der Waals surface area (Å²) in [6, 6.07) is 0. The zero-order valence-corrected chi connectivity index (χ0v) is 10.1.